The van der Waals surface area contributed by atoms with Crippen molar-refractivity contribution in [3.8, 4) is 0 Å². The lowest BCUT2D eigenvalue weighted by molar-refractivity contribution is -0.140. The molecule has 1 fully saturated rings. The predicted molar refractivity (Wildman–Crippen MR) is 108 cm³/mol. The van der Waals surface area contributed by atoms with Crippen LogP contribution in [0.2, 0.25) is 0 Å². The van der Waals surface area contributed by atoms with Gasteiger partial charge in [0, 0.05) is 39.1 Å². The Morgan fingerprint density at radius 2 is 1.89 bits per heavy atom. The van der Waals surface area contributed by atoms with Gasteiger partial charge in [-0.05, 0) is 44.1 Å². The number of esters is 1. The molecule has 27 heavy (non-hydrogen) atoms. The molecule has 0 bridgehead atoms. The summed E-state index contributed by atoms with van der Waals surface area (Å²) < 4.78 is 31.9. The zero-order valence-corrected chi connectivity index (χ0v) is 17.7. The molecule has 7 nitrogen and oxygen atoms in total. The molecule has 0 saturated carbocycles. The minimum atomic E-state index is -3.50. The van der Waals surface area contributed by atoms with Crippen molar-refractivity contribution in [2.45, 2.75) is 31.6 Å². The van der Waals surface area contributed by atoms with Crippen molar-refractivity contribution in [2.24, 2.45) is 0 Å². The highest BCUT2D eigenvalue weighted by Crippen LogP contribution is 2.22. The summed E-state index contributed by atoms with van der Waals surface area (Å²) in [7, 11) is -2.13. The maximum absolute atomic E-state index is 12.9. The molecule has 0 aromatic heterocycles. The Morgan fingerprint density at radius 1 is 1.22 bits per heavy atom. The van der Waals surface area contributed by atoms with Gasteiger partial charge in [0.2, 0.25) is 10.0 Å². The number of hydrogen-bond acceptors (Lipinski definition) is 5. The van der Waals surface area contributed by atoms with E-state index in [9.17, 15) is 13.2 Å². The number of aryl methyl sites for hydroxylation is 2. The van der Waals surface area contributed by atoms with Crippen LogP contribution in [0.15, 0.2) is 23.1 Å². The third-order valence-corrected chi connectivity index (χ3v) is 7.00. The van der Waals surface area contributed by atoms with Crippen LogP contribution in [0.25, 0.3) is 0 Å². The van der Waals surface area contributed by atoms with E-state index in [2.05, 4.69) is 10.1 Å². The Balaban J connectivity index is 1.87. The van der Waals surface area contributed by atoms with Gasteiger partial charge < -0.3 is 15.0 Å². The number of ether oxygens (including phenoxy) is 1. The molecule has 150 valence electrons. The predicted octanol–water partition coefficient (Wildman–Crippen LogP) is 1.44. The average Bonchev–Trinajstić information content (AvgIpc) is 2.64. The first-order valence-corrected chi connectivity index (χ1v) is 10.8. The van der Waals surface area contributed by atoms with Gasteiger partial charge in [-0.15, -0.1) is 0 Å². The van der Waals surface area contributed by atoms with E-state index in [1.54, 1.807) is 6.07 Å². The zero-order valence-electron chi connectivity index (χ0n) is 16.0. The molecule has 1 saturated heterocycles. The molecule has 1 aliphatic heterocycles. The average molecular weight is 414 g/mol. The molecule has 0 aliphatic carbocycles. The Morgan fingerprint density at radius 3 is 2.48 bits per heavy atom. The van der Waals surface area contributed by atoms with Crippen LogP contribution in [0, 0.1) is 13.8 Å². The summed E-state index contributed by atoms with van der Waals surface area (Å²) in [4.78, 5) is 13.4. The van der Waals surface area contributed by atoms with Crippen molar-refractivity contribution in [3.05, 3.63) is 29.3 Å². The fraction of sp³-hybridized carbons (Fsp3) is 0.556. The van der Waals surface area contributed by atoms with Gasteiger partial charge in [0.15, 0.2) is 5.11 Å². The third-order valence-electron chi connectivity index (χ3n) is 4.54. The summed E-state index contributed by atoms with van der Waals surface area (Å²) in [5, 5.41) is 3.70. The van der Waals surface area contributed by atoms with Gasteiger partial charge in [0.25, 0.3) is 0 Å². The summed E-state index contributed by atoms with van der Waals surface area (Å²) >= 11 is 5.37. The highest BCUT2D eigenvalue weighted by atomic mass is 32.2. The zero-order chi connectivity index (χ0) is 20.0. The second-order valence-corrected chi connectivity index (χ2v) is 8.86. The van der Waals surface area contributed by atoms with Crippen LogP contribution in [-0.2, 0) is 19.6 Å². The largest absolute Gasteiger partial charge is 0.469 e. The van der Waals surface area contributed by atoms with Crippen molar-refractivity contribution in [2.75, 3.05) is 39.8 Å². The molecule has 0 amide bonds. The molecule has 2 rings (SSSR count). The monoisotopic (exact) mass is 413 g/mol. The number of methoxy groups -OCH3 is 1. The van der Waals surface area contributed by atoms with Crippen LogP contribution in [-0.4, -0.2) is 68.5 Å². The number of piperazine rings is 1. The molecular weight excluding hydrogens is 386 g/mol. The van der Waals surface area contributed by atoms with Gasteiger partial charge in [0.1, 0.15) is 0 Å². The number of hydrogen-bond donors (Lipinski definition) is 1. The van der Waals surface area contributed by atoms with Crippen molar-refractivity contribution >= 4 is 33.3 Å². The molecule has 1 aliphatic rings. The van der Waals surface area contributed by atoms with Gasteiger partial charge in [-0.2, -0.15) is 4.31 Å². The topological polar surface area (TPSA) is 79.0 Å². The highest BCUT2D eigenvalue weighted by Gasteiger charge is 2.30. The number of carbonyl (C=O) groups is 1. The lowest BCUT2D eigenvalue weighted by Crippen LogP contribution is -2.53. The molecule has 1 N–H and O–H groups in total. The van der Waals surface area contributed by atoms with Crippen molar-refractivity contribution in [3.63, 3.8) is 0 Å². The normalized spacial score (nSPS) is 15.4. The smallest absolute Gasteiger partial charge is 0.305 e. The molecular formula is C18H27N3O4S2. The molecule has 0 unspecified atom stereocenters. The number of nitrogens with one attached hydrogen (secondary N) is 1. The molecule has 9 heteroatoms. The second kappa shape index (κ2) is 9.48. The van der Waals surface area contributed by atoms with Gasteiger partial charge in [-0.25, -0.2) is 8.42 Å². The first-order valence-electron chi connectivity index (χ1n) is 8.92. The van der Waals surface area contributed by atoms with Gasteiger partial charge in [0.05, 0.1) is 12.0 Å². The highest BCUT2D eigenvalue weighted by molar-refractivity contribution is 7.89. The lowest BCUT2D eigenvalue weighted by atomic mass is 10.2. The first kappa shape index (κ1) is 21.6. The van der Waals surface area contributed by atoms with Gasteiger partial charge in [-0.1, -0.05) is 17.7 Å². The summed E-state index contributed by atoms with van der Waals surface area (Å²) in [5.41, 5.74) is 1.81. The number of benzene rings is 1. The minimum Gasteiger partial charge on any atom is -0.469 e. The summed E-state index contributed by atoms with van der Waals surface area (Å²) in [6.07, 6.45) is 0.974. The van der Waals surface area contributed by atoms with E-state index in [1.165, 1.54) is 11.4 Å². The first-order chi connectivity index (χ1) is 12.8. The maximum Gasteiger partial charge on any atom is 0.305 e. The minimum absolute atomic E-state index is 0.243. The molecule has 0 atom stereocenters. The van der Waals surface area contributed by atoms with Gasteiger partial charge in [-0.3, -0.25) is 4.79 Å². The standard InChI is InChI=1S/C18H27N3O4S2/c1-14-6-7-16(15(2)13-14)27(23,24)21-11-9-20(10-12-21)18(26)19-8-4-5-17(22)25-3/h6-7,13H,4-5,8-12H2,1-3H3,(H,19,26). The molecule has 1 aromatic rings. The van der Waals surface area contributed by atoms with E-state index >= 15 is 0 Å². The quantitative estimate of drug-likeness (QED) is 0.429. The number of rotatable bonds is 6. The number of thiocarbonyl (C=S) groups is 1. The van der Waals surface area contributed by atoms with Crippen LogP contribution in [0.1, 0.15) is 24.0 Å². The van der Waals surface area contributed by atoms with Crippen LogP contribution in [0.4, 0.5) is 0 Å². The SMILES string of the molecule is COC(=O)CCCNC(=S)N1CCN(S(=O)(=O)c2ccc(C)cc2C)CC1. The van der Waals surface area contributed by atoms with Crippen molar-refractivity contribution in [1.82, 2.24) is 14.5 Å². The Hall–Kier alpha value is -1.71. The molecule has 1 heterocycles. The maximum atomic E-state index is 12.9. The van der Waals surface area contributed by atoms with Crippen molar-refractivity contribution < 1.29 is 17.9 Å². The number of carbonyl (C=O) groups excluding carboxylic acids is 1. The number of nitrogens with zero attached hydrogens (tertiary/aromatic N) is 2. The lowest BCUT2D eigenvalue weighted by Gasteiger charge is -2.35. The fourth-order valence-corrected chi connectivity index (χ4v) is 4.91. The Labute approximate surface area is 166 Å². The summed E-state index contributed by atoms with van der Waals surface area (Å²) in [6, 6.07) is 5.39. The Kier molecular flexibility index (Phi) is 7.58. The van der Waals surface area contributed by atoms with Gasteiger partial charge >= 0.3 is 5.97 Å². The van der Waals surface area contributed by atoms with Crippen molar-refractivity contribution in [1.29, 1.82) is 0 Å². The molecule has 0 spiro atoms. The summed E-state index contributed by atoms with van der Waals surface area (Å²) in [5.74, 6) is -0.243. The van der Waals surface area contributed by atoms with Crippen LogP contribution in [0.5, 0.6) is 0 Å². The van der Waals surface area contributed by atoms with E-state index < -0.39 is 10.0 Å². The van der Waals surface area contributed by atoms with Crippen LogP contribution < -0.4 is 5.32 Å². The third kappa shape index (κ3) is 5.63. The van der Waals surface area contributed by atoms with E-state index in [0.29, 0.717) is 55.6 Å². The molecule has 0 radical (unpaired) electrons. The Bertz CT molecular complexity index is 788. The summed E-state index contributed by atoms with van der Waals surface area (Å²) in [6.45, 7) is 6.19. The van der Waals surface area contributed by atoms with Crippen LogP contribution >= 0.6 is 12.2 Å². The fourth-order valence-electron chi connectivity index (χ4n) is 3.00. The van der Waals surface area contributed by atoms with E-state index in [4.69, 9.17) is 12.2 Å². The number of sulfonamides is 1. The second-order valence-electron chi connectivity index (χ2n) is 6.57. The van der Waals surface area contributed by atoms with E-state index in [1.807, 2.05) is 30.9 Å². The van der Waals surface area contributed by atoms with Crippen LogP contribution in [0.3, 0.4) is 0 Å². The van der Waals surface area contributed by atoms with E-state index in [0.717, 1.165) is 11.1 Å². The van der Waals surface area contributed by atoms with E-state index in [-0.39, 0.29) is 5.97 Å². The molecule has 1 aromatic carbocycles.